The van der Waals surface area contributed by atoms with Gasteiger partial charge in [-0.05, 0) is 31.7 Å². The average Bonchev–Trinajstić information content (AvgIpc) is 2.18. The highest BCUT2D eigenvalue weighted by molar-refractivity contribution is 7.89. The zero-order valence-electron chi connectivity index (χ0n) is 8.19. The Kier molecular flexibility index (Phi) is 3.13. The second-order valence-corrected chi connectivity index (χ2v) is 5.26. The van der Waals surface area contributed by atoms with E-state index >= 15 is 0 Å². The van der Waals surface area contributed by atoms with Crippen LogP contribution in [0.3, 0.4) is 0 Å². The van der Waals surface area contributed by atoms with Crippen LogP contribution in [0.15, 0.2) is 24.3 Å². The fourth-order valence-corrected chi connectivity index (χ4v) is 1.99. The molecular weight excluding hydrogens is 200 g/mol. The molecule has 5 heteroatoms. The largest absolute Gasteiger partial charge is 0.399 e. The molecule has 0 fully saturated rings. The molecule has 0 spiro atoms. The smallest absolute Gasteiger partial charge is 0.218 e. The molecule has 0 aliphatic rings. The molecule has 1 atom stereocenters. The topological polar surface area (TPSA) is 72.2 Å². The van der Waals surface area contributed by atoms with Crippen molar-refractivity contribution in [2.24, 2.45) is 0 Å². The van der Waals surface area contributed by atoms with E-state index in [1.807, 2.05) is 0 Å². The first-order chi connectivity index (χ1) is 6.47. The average molecular weight is 214 g/mol. The van der Waals surface area contributed by atoms with E-state index in [4.69, 9.17) is 5.73 Å². The number of benzene rings is 1. The van der Waals surface area contributed by atoms with Crippen molar-refractivity contribution in [3.8, 4) is 0 Å². The molecule has 0 radical (unpaired) electrons. The number of anilines is 1. The Bertz CT molecular complexity index is 397. The van der Waals surface area contributed by atoms with Crippen molar-refractivity contribution >= 4 is 15.7 Å². The minimum atomic E-state index is -3.25. The first kappa shape index (κ1) is 11.0. The van der Waals surface area contributed by atoms with Crippen LogP contribution in [0.25, 0.3) is 0 Å². The molecule has 14 heavy (non-hydrogen) atoms. The van der Waals surface area contributed by atoms with Gasteiger partial charge in [0.25, 0.3) is 0 Å². The zero-order valence-corrected chi connectivity index (χ0v) is 9.01. The van der Waals surface area contributed by atoms with Crippen LogP contribution in [0.5, 0.6) is 0 Å². The second kappa shape index (κ2) is 3.98. The van der Waals surface area contributed by atoms with E-state index in [-0.39, 0.29) is 0 Å². The lowest BCUT2D eigenvalue weighted by Crippen LogP contribution is -2.23. The standard InChI is InChI=1S/C9H14N2O2S/c1-7(14(12,13)11-2)8-3-5-9(10)6-4-8/h3-7,11H,10H2,1-2H3/t7-/m1/s1. The number of nitrogen functional groups attached to an aromatic ring is 1. The number of nitrogens with one attached hydrogen (secondary N) is 1. The van der Waals surface area contributed by atoms with Gasteiger partial charge in [-0.2, -0.15) is 0 Å². The van der Waals surface area contributed by atoms with Crippen molar-refractivity contribution in [1.29, 1.82) is 0 Å². The Hall–Kier alpha value is -1.07. The van der Waals surface area contributed by atoms with Crippen molar-refractivity contribution < 1.29 is 8.42 Å². The van der Waals surface area contributed by atoms with Gasteiger partial charge in [-0.3, -0.25) is 0 Å². The molecule has 0 heterocycles. The lowest BCUT2D eigenvalue weighted by molar-refractivity contribution is 0.578. The second-order valence-electron chi connectivity index (χ2n) is 3.06. The fraction of sp³-hybridized carbons (Fsp3) is 0.333. The summed E-state index contributed by atoms with van der Waals surface area (Å²) < 4.78 is 25.2. The molecule has 0 bridgehead atoms. The molecule has 0 saturated heterocycles. The number of sulfonamides is 1. The normalized spacial score (nSPS) is 13.9. The molecule has 0 amide bonds. The SMILES string of the molecule is CNS(=O)(=O)[C@H](C)c1ccc(N)cc1. The van der Waals surface area contributed by atoms with E-state index in [1.54, 1.807) is 31.2 Å². The van der Waals surface area contributed by atoms with Crippen molar-refractivity contribution in [1.82, 2.24) is 4.72 Å². The minimum Gasteiger partial charge on any atom is -0.399 e. The molecule has 0 aliphatic carbocycles. The Balaban J connectivity index is 3.01. The predicted octanol–water partition coefficient (Wildman–Crippen LogP) is 0.879. The number of hydrogen-bond acceptors (Lipinski definition) is 3. The molecule has 1 rings (SSSR count). The van der Waals surface area contributed by atoms with Gasteiger partial charge in [-0.1, -0.05) is 12.1 Å². The lowest BCUT2D eigenvalue weighted by atomic mass is 10.1. The highest BCUT2D eigenvalue weighted by Gasteiger charge is 2.19. The monoisotopic (exact) mass is 214 g/mol. The molecule has 78 valence electrons. The van der Waals surface area contributed by atoms with Crippen molar-refractivity contribution in [2.75, 3.05) is 12.8 Å². The maximum absolute atomic E-state index is 11.4. The van der Waals surface area contributed by atoms with E-state index in [2.05, 4.69) is 4.72 Å². The summed E-state index contributed by atoms with van der Waals surface area (Å²) in [6.07, 6.45) is 0. The minimum absolute atomic E-state index is 0.562. The summed E-state index contributed by atoms with van der Waals surface area (Å²) in [4.78, 5) is 0. The molecule has 1 aromatic carbocycles. The van der Waals surface area contributed by atoms with Gasteiger partial charge < -0.3 is 5.73 Å². The number of hydrogen-bond donors (Lipinski definition) is 2. The van der Waals surface area contributed by atoms with Gasteiger partial charge >= 0.3 is 0 Å². The molecule has 1 aromatic rings. The Morgan fingerprint density at radius 3 is 2.21 bits per heavy atom. The molecule has 0 unspecified atom stereocenters. The Labute approximate surface area is 84.2 Å². The third-order valence-electron chi connectivity index (χ3n) is 2.16. The first-order valence-electron chi connectivity index (χ1n) is 4.25. The van der Waals surface area contributed by atoms with Crippen LogP contribution >= 0.6 is 0 Å². The fourth-order valence-electron chi connectivity index (χ4n) is 1.12. The van der Waals surface area contributed by atoms with Crippen LogP contribution in [-0.4, -0.2) is 15.5 Å². The third kappa shape index (κ3) is 2.24. The maximum Gasteiger partial charge on any atom is 0.218 e. The summed E-state index contributed by atoms with van der Waals surface area (Å²) in [5.41, 5.74) is 6.86. The molecular formula is C9H14N2O2S. The quantitative estimate of drug-likeness (QED) is 0.734. The third-order valence-corrected chi connectivity index (χ3v) is 3.93. The Morgan fingerprint density at radius 2 is 1.79 bits per heavy atom. The zero-order chi connectivity index (χ0) is 10.8. The Morgan fingerprint density at radius 1 is 1.29 bits per heavy atom. The maximum atomic E-state index is 11.4. The van der Waals surface area contributed by atoms with Crippen LogP contribution < -0.4 is 10.5 Å². The molecule has 3 N–H and O–H groups in total. The lowest BCUT2D eigenvalue weighted by Gasteiger charge is -2.11. The van der Waals surface area contributed by atoms with Gasteiger partial charge in [-0.15, -0.1) is 0 Å². The van der Waals surface area contributed by atoms with Gasteiger partial charge in [0.15, 0.2) is 0 Å². The van der Waals surface area contributed by atoms with E-state index in [1.165, 1.54) is 7.05 Å². The highest BCUT2D eigenvalue weighted by Crippen LogP contribution is 2.21. The predicted molar refractivity (Wildman–Crippen MR) is 57.2 cm³/mol. The summed E-state index contributed by atoms with van der Waals surface area (Å²) in [6, 6.07) is 6.82. The summed E-state index contributed by atoms with van der Waals surface area (Å²) >= 11 is 0. The first-order valence-corrected chi connectivity index (χ1v) is 5.80. The van der Waals surface area contributed by atoms with Crippen LogP contribution in [0, 0.1) is 0 Å². The molecule has 4 nitrogen and oxygen atoms in total. The van der Waals surface area contributed by atoms with Gasteiger partial charge in [0.1, 0.15) is 0 Å². The summed E-state index contributed by atoms with van der Waals surface area (Å²) in [7, 11) is -1.85. The van der Waals surface area contributed by atoms with Gasteiger partial charge in [-0.25, -0.2) is 13.1 Å². The van der Waals surface area contributed by atoms with E-state index in [9.17, 15) is 8.42 Å². The van der Waals surface area contributed by atoms with Crippen molar-refractivity contribution in [3.05, 3.63) is 29.8 Å². The number of rotatable bonds is 3. The van der Waals surface area contributed by atoms with Crippen molar-refractivity contribution in [3.63, 3.8) is 0 Å². The van der Waals surface area contributed by atoms with Gasteiger partial charge in [0.2, 0.25) is 10.0 Å². The van der Waals surface area contributed by atoms with Gasteiger partial charge in [0, 0.05) is 5.69 Å². The van der Waals surface area contributed by atoms with Gasteiger partial charge in [0.05, 0.1) is 5.25 Å². The van der Waals surface area contributed by atoms with Crippen LogP contribution in [0.1, 0.15) is 17.7 Å². The molecule has 0 aliphatic heterocycles. The van der Waals surface area contributed by atoms with Crippen LogP contribution in [0.2, 0.25) is 0 Å². The van der Waals surface area contributed by atoms with Crippen LogP contribution in [-0.2, 0) is 10.0 Å². The van der Waals surface area contributed by atoms with E-state index in [0.29, 0.717) is 5.69 Å². The summed E-state index contributed by atoms with van der Waals surface area (Å²) in [6.45, 7) is 1.64. The highest BCUT2D eigenvalue weighted by atomic mass is 32.2. The van der Waals surface area contributed by atoms with Crippen molar-refractivity contribution in [2.45, 2.75) is 12.2 Å². The molecule has 0 saturated carbocycles. The summed E-state index contributed by atoms with van der Waals surface area (Å²) in [5, 5.41) is -0.562. The van der Waals surface area contributed by atoms with Crippen LogP contribution in [0.4, 0.5) is 5.69 Å². The van der Waals surface area contributed by atoms with E-state index < -0.39 is 15.3 Å². The molecule has 0 aromatic heterocycles. The van der Waals surface area contributed by atoms with E-state index in [0.717, 1.165) is 5.56 Å². The summed E-state index contributed by atoms with van der Waals surface area (Å²) in [5.74, 6) is 0. The number of nitrogens with two attached hydrogens (primary N) is 1.